The molecule has 84 valence electrons. The Balaban J connectivity index is 0.00000196. The van der Waals surface area contributed by atoms with Crippen LogP contribution >= 0.6 is 24.0 Å². The molecule has 0 aliphatic rings. The molecule has 0 unspecified atom stereocenters. The molecule has 3 nitrogen and oxygen atoms in total. The van der Waals surface area contributed by atoms with Gasteiger partial charge in [-0.05, 0) is 5.56 Å². The minimum atomic E-state index is -0.845. The highest BCUT2D eigenvalue weighted by Gasteiger charge is 2.24. The molecule has 2 N–H and O–H groups in total. The summed E-state index contributed by atoms with van der Waals surface area (Å²) in [4.78, 5) is 11.1. The summed E-state index contributed by atoms with van der Waals surface area (Å²) < 4.78 is 4.50. The summed E-state index contributed by atoms with van der Waals surface area (Å²) in [6.07, 6.45) is 0. The number of carbonyl (C=O) groups excluding carboxylic acids is 1. The van der Waals surface area contributed by atoms with Crippen molar-refractivity contribution in [2.75, 3.05) is 7.11 Å². The van der Waals surface area contributed by atoms with Gasteiger partial charge in [-0.2, -0.15) is 0 Å². The Morgan fingerprint density at radius 1 is 1.40 bits per heavy atom. The lowest BCUT2D eigenvalue weighted by Crippen LogP contribution is -2.29. The van der Waals surface area contributed by atoms with E-state index in [-0.39, 0.29) is 12.4 Å². The number of benzene rings is 1. The van der Waals surface area contributed by atoms with Gasteiger partial charge in [0.2, 0.25) is 0 Å². The molecule has 1 rings (SSSR count). The van der Waals surface area contributed by atoms with E-state index in [0.717, 1.165) is 5.56 Å². The maximum atomic E-state index is 11.1. The Morgan fingerprint density at radius 2 is 1.93 bits per heavy atom. The summed E-state index contributed by atoms with van der Waals surface area (Å²) in [7, 11) is 1.29. The van der Waals surface area contributed by atoms with Crippen LogP contribution in [-0.2, 0) is 9.53 Å². The summed E-state index contributed by atoms with van der Waals surface area (Å²) in [5, 5.41) is -0.845. The van der Waals surface area contributed by atoms with E-state index in [4.69, 9.17) is 17.3 Å². The van der Waals surface area contributed by atoms with Crippen molar-refractivity contribution in [3.05, 3.63) is 35.9 Å². The number of ether oxygens (including phenoxy) is 1. The summed E-state index contributed by atoms with van der Waals surface area (Å²) >= 11 is 5.82. The smallest absolute Gasteiger partial charge is 0.325 e. The van der Waals surface area contributed by atoms with Crippen molar-refractivity contribution in [1.82, 2.24) is 0 Å². The van der Waals surface area contributed by atoms with Crippen LogP contribution in [0, 0.1) is 0 Å². The summed E-state index contributed by atoms with van der Waals surface area (Å²) in [5.74, 6) is -0.511. The van der Waals surface area contributed by atoms with Crippen LogP contribution in [0.5, 0.6) is 0 Å². The summed E-state index contributed by atoms with van der Waals surface area (Å²) in [6.45, 7) is 0. The van der Waals surface area contributed by atoms with E-state index in [0.29, 0.717) is 0 Å². The third-order valence-corrected chi connectivity index (χ3v) is 2.38. The number of rotatable bonds is 3. The van der Waals surface area contributed by atoms with Crippen molar-refractivity contribution < 1.29 is 9.53 Å². The number of alkyl halides is 1. The van der Waals surface area contributed by atoms with E-state index in [1.165, 1.54) is 7.11 Å². The van der Waals surface area contributed by atoms with Crippen LogP contribution < -0.4 is 5.73 Å². The number of hydrogen-bond donors (Lipinski definition) is 1. The Morgan fingerprint density at radius 3 is 2.40 bits per heavy atom. The van der Waals surface area contributed by atoms with Crippen molar-refractivity contribution in [2.24, 2.45) is 5.73 Å². The predicted octanol–water partition coefficient (Wildman–Crippen LogP) is 1.89. The molecular formula is C10H13Cl2NO2. The van der Waals surface area contributed by atoms with Gasteiger partial charge < -0.3 is 10.5 Å². The molecule has 0 heterocycles. The zero-order chi connectivity index (χ0) is 10.6. The van der Waals surface area contributed by atoms with Crippen LogP contribution in [0.25, 0.3) is 0 Å². The molecule has 0 spiro atoms. The predicted molar refractivity (Wildman–Crippen MR) is 62.3 cm³/mol. The first-order chi connectivity index (χ1) is 6.66. The average molecular weight is 250 g/mol. The fourth-order valence-electron chi connectivity index (χ4n) is 1.10. The fourth-order valence-corrected chi connectivity index (χ4v) is 1.34. The molecule has 2 atom stereocenters. The van der Waals surface area contributed by atoms with E-state index in [2.05, 4.69) is 4.74 Å². The Hall–Kier alpha value is -0.770. The number of methoxy groups -OCH3 is 1. The van der Waals surface area contributed by atoms with Crippen molar-refractivity contribution in [1.29, 1.82) is 0 Å². The van der Waals surface area contributed by atoms with Crippen LogP contribution in [0.2, 0.25) is 0 Å². The van der Waals surface area contributed by atoms with E-state index in [1.54, 1.807) is 0 Å². The molecule has 1 aromatic carbocycles. The topological polar surface area (TPSA) is 52.3 Å². The second-order valence-corrected chi connectivity index (χ2v) is 3.33. The van der Waals surface area contributed by atoms with Crippen LogP contribution in [-0.4, -0.2) is 18.5 Å². The second-order valence-electron chi connectivity index (χ2n) is 2.86. The second kappa shape index (κ2) is 6.67. The van der Waals surface area contributed by atoms with Gasteiger partial charge in [-0.3, -0.25) is 4.79 Å². The Labute approximate surface area is 100.0 Å². The number of halogens is 2. The molecular weight excluding hydrogens is 237 g/mol. The normalized spacial score (nSPS) is 13.5. The van der Waals surface area contributed by atoms with Gasteiger partial charge in [0.1, 0.15) is 5.38 Å². The molecule has 0 fully saturated rings. The van der Waals surface area contributed by atoms with Crippen molar-refractivity contribution >= 4 is 30.0 Å². The van der Waals surface area contributed by atoms with Gasteiger partial charge in [0.05, 0.1) is 13.2 Å². The van der Waals surface area contributed by atoms with Gasteiger partial charge >= 0.3 is 5.97 Å². The first-order valence-corrected chi connectivity index (χ1v) is 4.63. The quantitative estimate of drug-likeness (QED) is 0.658. The van der Waals surface area contributed by atoms with Gasteiger partial charge in [-0.1, -0.05) is 30.3 Å². The third-order valence-electron chi connectivity index (χ3n) is 1.93. The maximum Gasteiger partial charge on any atom is 0.325 e. The van der Waals surface area contributed by atoms with E-state index >= 15 is 0 Å². The molecule has 0 amide bonds. The average Bonchev–Trinajstić information content (AvgIpc) is 2.27. The molecule has 5 heteroatoms. The third kappa shape index (κ3) is 3.70. The van der Waals surface area contributed by atoms with Crippen molar-refractivity contribution in [2.45, 2.75) is 11.4 Å². The highest BCUT2D eigenvalue weighted by atomic mass is 35.5. The van der Waals surface area contributed by atoms with Gasteiger partial charge in [-0.25, -0.2) is 0 Å². The lowest BCUT2D eigenvalue weighted by molar-refractivity contribution is -0.140. The molecule has 15 heavy (non-hydrogen) atoms. The van der Waals surface area contributed by atoms with Crippen LogP contribution in [0.1, 0.15) is 11.6 Å². The zero-order valence-corrected chi connectivity index (χ0v) is 9.79. The fraction of sp³-hybridized carbons (Fsp3) is 0.300. The summed E-state index contributed by atoms with van der Waals surface area (Å²) in [6, 6.07) is 8.67. The van der Waals surface area contributed by atoms with Crippen LogP contribution in [0.4, 0.5) is 0 Å². The van der Waals surface area contributed by atoms with Crippen LogP contribution in [0.3, 0.4) is 0 Å². The largest absolute Gasteiger partial charge is 0.468 e. The molecule has 0 aliphatic heterocycles. The highest BCUT2D eigenvalue weighted by Crippen LogP contribution is 2.19. The van der Waals surface area contributed by atoms with E-state index in [1.807, 2.05) is 30.3 Å². The standard InChI is InChI=1S/C10H12ClNO2.ClH/c1-14-10(13)8(11)9(12)7-5-3-2-4-6-7;/h2-6,8-9H,12H2,1H3;1H/t8-,9-;/m1./s1. The van der Waals surface area contributed by atoms with Crippen LogP contribution in [0.15, 0.2) is 30.3 Å². The number of esters is 1. The Kier molecular flexibility index (Phi) is 6.32. The molecule has 0 aromatic heterocycles. The number of carbonyl (C=O) groups is 1. The van der Waals surface area contributed by atoms with Gasteiger partial charge in [0, 0.05) is 0 Å². The highest BCUT2D eigenvalue weighted by molar-refractivity contribution is 6.30. The van der Waals surface area contributed by atoms with E-state index < -0.39 is 17.4 Å². The lowest BCUT2D eigenvalue weighted by atomic mass is 10.0. The first kappa shape index (κ1) is 14.2. The molecule has 0 saturated heterocycles. The number of hydrogen-bond acceptors (Lipinski definition) is 3. The Bertz CT molecular complexity index is 306. The number of nitrogens with two attached hydrogens (primary N) is 1. The first-order valence-electron chi connectivity index (χ1n) is 4.19. The maximum absolute atomic E-state index is 11.1. The molecule has 0 bridgehead atoms. The zero-order valence-electron chi connectivity index (χ0n) is 8.22. The summed E-state index contributed by atoms with van der Waals surface area (Å²) in [5.41, 5.74) is 6.60. The SMILES string of the molecule is COC(=O)[C@H](Cl)[C@H](N)c1ccccc1.Cl. The van der Waals surface area contributed by atoms with E-state index in [9.17, 15) is 4.79 Å². The minimum Gasteiger partial charge on any atom is -0.468 e. The van der Waals surface area contributed by atoms with Gasteiger partial charge in [0.25, 0.3) is 0 Å². The molecule has 0 radical (unpaired) electrons. The monoisotopic (exact) mass is 249 g/mol. The van der Waals surface area contributed by atoms with Gasteiger partial charge in [-0.15, -0.1) is 24.0 Å². The lowest BCUT2D eigenvalue weighted by Gasteiger charge is -2.15. The molecule has 1 aromatic rings. The van der Waals surface area contributed by atoms with Crippen molar-refractivity contribution in [3.8, 4) is 0 Å². The molecule has 0 saturated carbocycles. The van der Waals surface area contributed by atoms with Gasteiger partial charge in [0.15, 0.2) is 0 Å². The van der Waals surface area contributed by atoms with Crippen molar-refractivity contribution in [3.63, 3.8) is 0 Å². The molecule has 0 aliphatic carbocycles. The minimum absolute atomic E-state index is 0.